The van der Waals surface area contributed by atoms with Gasteiger partial charge in [0.25, 0.3) is 5.91 Å². The third-order valence-electron chi connectivity index (χ3n) is 3.12. The number of amides is 1. The molecule has 1 unspecified atom stereocenters. The van der Waals surface area contributed by atoms with Gasteiger partial charge in [-0.05, 0) is 13.0 Å². The minimum absolute atomic E-state index is 0.166. The Morgan fingerprint density at radius 1 is 1.47 bits per heavy atom. The van der Waals surface area contributed by atoms with E-state index >= 15 is 0 Å². The Morgan fingerprint density at radius 3 is 2.74 bits per heavy atom. The molecular weight excluding hydrogens is 244 g/mol. The summed E-state index contributed by atoms with van der Waals surface area (Å²) in [5, 5.41) is 16.1. The molecule has 1 amide bonds. The number of benzene rings is 1. The number of nitrogen functional groups attached to an aromatic ring is 1. The van der Waals surface area contributed by atoms with Crippen LogP contribution >= 0.6 is 0 Å². The predicted octanol–water partition coefficient (Wildman–Crippen LogP) is 1.53. The SMILES string of the molecule is CC(c1ccccc1O)N(C)C(=O)c1cc(N)n[nH]1. The van der Waals surface area contributed by atoms with Crippen LogP contribution in [0.1, 0.15) is 29.0 Å². The van der Waals surface area contributed by atoms with Gasteiger partial charge < -0.3 is 15.7 Å². The van der Waals surface area contributed by atoms with Gasteiger partial charge in [0.2, 0.25) is 0 Å². The average Bonchev–Trinajstić information content (AvgIpc) is 2.83. The van der Waals surface area contributed by atoms with Gasteiger partial charge in [-0.25, -0.2) is 0 Å². The summed E-state index contributed by atoms with van der Waals surface area (Å²) >= 11 is 0. The molecule has 1 atom stereocenters. The van der Waals surface area contributed by atoms with E-state index < -0.39 is 0 Å². The van der Waals surface area contributed by atoms with Crippen molar-refractivity contribution in [1.82, 2.24) is 15.1 Å². The summed E-state index contributed by atoms with van der Waals surface area (Å²) in [7, 11) is 1.66. The van der Waals surface area contributed by atoms with Crippen LogP contribution in [-0.4, -0.2) is 33.2 Å². The number of para-hydroxylation sites is 1. The fourth-order valence-electron chi connectivity index (χ4n) is 1.86. The normalized spacial score (nSPS) is 12.1. The molecule has 0 aliphatic carbocycles. The van der Waals surface area contributed by atoms with Crippen LogP contribution in [0.5, 0.6) is 5.75 Å². The van der Waals surface area contributed by atoms with Crippen LogP contribution in [0.2, 0.25) is 0 Å². The fraction of sp³-hybridized carbons (Fsp3) is 0.231. The standard InChI is InChI=1S/C13H16N4O2/c1-8(9-5-3-4-6-11(9)18)17(2)13(19)10-7-12(14)16-15-10/h3-8,18H,1-2H3,(H3,14,15,16). The molecule has 100 valence electrons. The third-order valence-corrected chi connectivity index (χ3v) is 3.12. The number of nitrogens with zero attached hydrogens (tertiary/aromatic N) is 2. The van der Waals surface area contributed by atoms with Crippen molar-refractivity contribution in [2.75, 3.05) is 12.8 Å². The zero-order chi connectivity index (χ0) is 14.0. The van der Waals surface area contributed by atoms with E-state index in [9.17, 15) is 9.90 Å². The molecule has 4 N–H and O–H groups in total. The molecule has 0 aliphatic rings. The largest absolute Gasteiger partial charge is 0.508 e. The molecule has 0 radical (unpaired) electrons. The highest BCUT2D eigenvalue weighted by Crippen LogP contribution is 2.27. The molecule has 1 aromatic carbocycles. The molecule has 0 saturated heterocycles. The number of hydrogen-bond acceptors (Lipinski definition) is 4. The van der Waals surface area contributed by atoms with Crippen LogP contribution in [0.4, 0.5) is 5.82 Å². The molecule has 0 spiro atoms. The smallest absolute Gasteiger partial charge is 0.272 e. The zero-order valence-corrected chi connectivity index (χ0v) is 10.8. The lowest BCUT2D eigenvalue weighted by Crippen LogP contribution is -2.30. The van der Waals surface area contributed by atoms with Crippen molar-refractivity contribution in [3.05, 3.63) is 41.6 Å². The predicted molar refractivity (Wildman–Crippen MR) is 71.6 cm³/mol. The Hall–Kier alpha value is -2.50. The van der Waals surface area contributed by atoms with Crippen LogP contribution in [0.25, 0.3) is 0 Å². The van der Waals surface area contributed by atoms with Crippen LogP contribution in [0.15, 0.2) is 30.3 Å². The Kier molecular flexibility index (Phi) is 3.41. The molecule has 6 nitrogen and oxygen atoms in total. The highest BCUT2D eigenvalue weighted by molar-refractivity contribution is 5.93. The lowest BCUT2D eigenvalue weighted by Gasteiger charge is -2.25. The van der Waals surface area contributed by atoms with Crippen molar-refractivity contribution in [1.29, 1.82) is 0 Å². The second-order valence-electron chi connectivity index (χ2n) is 4.36. The van der Waals surface area contributed by atoms with Gasteiger partial charge in [-0.3, -0.25) is 9.89 Å². The Morgan fingerprint density at radius 2 is 2.16 bits per heavy atom. The Labute approximate surface area is 110 Å². The minimum atomic E-state index is -0.266. The van der Waals surface area contributed by atoms with Crippen LogP contribution in [0, 0.1) is 0 Å². The summed E-state index contributed by atoms with van der Waals surface area (Å²) in [6.45, 7) is 1.84. The van der Waals surface area contributed by atoms with Crippen molar-refractivity contribution >= 4 is 11.7 Å². The summed E-state index contributed by atoms with van der Waals surface area (Å²) in [6, 6.07) is 8.15. The van der Waals surface area contributed by atoms with Crippen LogP contribution < -0.4 is 5.73 Å². The Bertz CT molecular complexity index is 594. The summed E-state index contributed by atoms with van der Waals surface area (Å²) in [4.78, 5) is 13.7. The quantitative estimate of drug-likeness (QED) is 0.779. The van der Waals surface area contributed by atoms with Crippen molar-refractivity contribution in [2.45, 2.75) is 13.0 Å². The minimum Gasteiger partial charge on any atom is -0.508 e. The first-order chi connectivity index (χ1) is 9.00. The number of nitrogens with one attached hydrogen (secondary N) is 1. The molecule has 19 heavy (non-hydrogen) atoms. The molecule has 0 saturated carbocycles. The highest BCUT2D eigenvalue weighted by Gasteiger charge is 2.22. The number of carbonyl (C=O) groups is 1. The molecule has 6 heteroatoms. The van der Waals surface area contributed by atoms with E-state index in [2.05, 4.69) is 10.2 Å². The van der Waals surface area contributed by atoms with Crippen molar-refractivity contribution in [2.24, 2.45) is 0 Å². The van der Waals surface area contributed by atoms with Gasteiger partial charge in [0.05, 0.1) is 6.04 Å². The number of aromatic nitrogens is 2. The maximum atomic E-state index is 12.2. The van der Waals surface area contributed by atoms with Gasteiger partial charge in [0, 0.05) is 18.7 Å². The van der Waals surface area contributed by atoms with E-state index in [4.69, 9.17) is 5.73 Å². The summed E-state index contributed by atoms with van der Waals surface area (Å²) in [6.07, 6.45) is 0. The van der Waals surface area contributed by atoms with Crippen molar-refractivity contribution in [3.8, 4) is 5.75 Å². The van der Waals surface area contributed by atoms with E-state index in [1.54, 1.807) is 25.2 Å². The van der Waals surface area contributed by atoms with E-state index in [0.29, 0.717) is 11.3 Å². The van der Waals surface area contributed by atoms with Gasteiger partial charge in [-0.15, -0.1) is 0 Å². The molecule has 2 aromatic rings. The van der Waals surface area contributed by atoms with Gasteiger partial charge in [-0.1, -0.05) is 18.2 Å². The van der Waals surface area contributed by atoms with Crippen LogP contribution in [-0.2, 0) is 0 Å². The zero-order valence-electron chi connectivity index (χ0n) is 10.8. The maximum absolute atomic E-state index is 12.2. The topological polar surface area (TPSA) is 95.2 Å². The molecule has 0 bridgehead atoms. The number of aromatic amines is 1. The summed E-state index contributed by atoms with van der Waals surface area (Å²) < 4.78 is 0. The number of phenolic OH excluding ortho intramolecular Hbond substituents is 1. The number of aromatic hydroxyl groups is 1. The Balaban J connectivity index is 2.22. The second kappa shape index (κ2) is 5.01. The molecule has 1 aromatic heterocycles. The number of phenols is 1. The summed E-state index contributed by atoms with van der Waals surface area (Å²) in [5.74, 6) is 0.200. The van der Waals surface area contributed by atoms with Gasteiger partial charge in [-0.2, -0.15) is 5.10 Å². The number of hydrogen-bond donors (Lipinski definition) is 3. The molecule has 0 aliphatic heterocycles. The number of nitrogens with two attached hydrogens (primary N) is 1. The number of rotatable bonds is 3. The van der Waals surface area contributed by atoms with Gasteiger partial charge in [0.1, 0.15) is 17.3 Å². The molecular formula is C13H16N4O2. The van der Waals surface area contributed by atoms with E-state index in [1.165, 1.54) is 11.0 Å². The second-order valence-corrected chi connectivity index (χ2v) is 4.36. The lowest BCUT2D eigenvalue weighted by molar-refractivity contribution is 0.0735. The number of H-pyrrole nitrogens is 1. The molecule has 0 fully saturated rings. The van der Waals surface area contributed by atoms with Gasteiger partial charge in [0.15, 0.2) is 0 Å². The van der Waals surface area contributed by atoms with Crippen molar-refractivity contribution < 1.29 is 9.90 Å². The van der Waals surface area contributed by atoms with E-state index in [1.807, 2.05) is 13.0 Å². The van der Waals surface area contributed by atoms with Crippen molar-refractivity contribution in [3.63, 3.8) is 0 Å². The number of carbonyl (C=O) groups excluding carboxylic acids is 1. The van der Waals surface area contributed by atoms with E-state index in [-0.39, 0.29) is 23.5 Å². The number of anilines is 1. The van der Waals surface area contributed by atoms with E-state index in [0.717, 1.165) is 0 Å². The first kappa shape index (κ1) is 12.9. The maximum Gasteiger partial charge on any atom is 0.272 e. The lowest BCUT2D eigenvalue weighted by atomic mass is 10.1. The molecule has 2 rings (SSSR count). The highest BCUT2D eigenvalue weighted by atomic mass is 16.3. The third kappa shape index (κ3) is 2.52. The monoisotopic (exact) mass is 260 g/mol. The fourth-order valence-corrected chi connectivity index (χ4v) is 1.86. The molecule has 1 heterocycles. The first-order valence-electron chi connectivity index (χ1n) is 5.86. The van der Waals surface area contributed by atoms with Gasteiger partial charge >= 0.3 is 0 Å². The average molecular weight is 260 g/mol. The first-order valence-corrected chi connectivity index (χ1v) is 5.86. The summed E-state index contributed by atoms with van der Waals surface area (Å²) in [5.41, 5.74) is 6.48. The van der Waals surface area contributed by atoms with Crippen LogP contribution in [0.3, 0.4) is 0 Å².